The zero-order chi connectivity index (χ0) is 50.6. The van der Waals surface area contributed by atoms with Crippen LogP contribution in [-0.4, -0.2) is 41.2 Å². The van der Waals surface area contributed by atoms with E-state index in [2.05, 4.69) is 0 Å². The van der Waals surface area contributed by atoms with Gasteiger partial charge in [-0.25, -0.2) is 0 Å². The summed E-state index contributed by atoms with van der Waals surface area (Å²) in [6.07, 6.45) is 3.39. The summed E-state index contributed by atoms with van der Waals surface area (Å²) in [7, 11) is 0. The van der Waals surface area contributed by atoms with Crippen LogP contribution in [0.15, 0.2) is 200 Å². The van der Waals surface area contributed by atoms with Gasteiger partial charge in [-0.3, -0.25) is 14.4 Å². The Morgan fingerprint density at radius 2 is 0.378 bits per heavy atom. The van der Waals surface area contributed by atoms with Gasteiger partial charge in [-0.15, -0.1) is 0 Å². The van der Waals surface area contributed by atoms with Gasteiger partial charge in [0.15, 0.2) is 17.3 Å². The van der Waals surface area contributed by atoms with Gasteiger partial charge in [0.1, 0.15) is 0 Å². The average Bonchev–Trinajstić information content (AvgIpc) is 3.30. The first-order chi connectivity index (χ1) is 31.7. The van der Waals surface area contributed by atoms with Crippen LogP contribution in [-0.2, 0) is 104 Å². The van der Waals surface area contributed by atoms with Crippen LogP contribution in [0.25, 0.3) is 17.3 Å². The number of hydrogen-bond acceptors (Lipinski definition) is 14. The van der Waals surface area contributed by atoms with Gasteiger partial charge in [-0.2, -0.15) is 0 Å². The van der Waals surface area contributed by atoms with Crippen molar-refractivity contribution in [3.8, 4) is 0 Å². The van der Waals surface area contributed by atoms with Crippen LogP contribution >= 0.6 is 0 Å². The summed E-state index contributed by atoms with van der Waals surface area (Å²) >= 11 is 0. The number of carbonyl (C=O) groups is 7. The van der Waals surface area contributed by atoms with E-state index in [-0.39, 0.29) is 119 Å². The van der Waals surface area contributed by atoms with E-state index in [1.54, 1.807) is 146 Å². The first kappa shape index (κ1) is 83.6. The smallest absolute Gasteiger partial charge is 2.00 e. The van der Waals surface area contributed by atoms with E-state index < -0.39 is 23.9 Å². The molecule has 17 nitrogen and oxygen atoms in total. The average molecular weight is 1170 g/mol. The van der Waals surface area contributed by atoms with Crippen LogP contribution in [0, 0.1) is 0 Å². The van der Waals surface area contributed by atoms with Gasteiger partial charge in [-0.1, -0.05) is 199 Å². The number of rotatable bonds is 9. The van der Waals surface area contributed by atoms with Gasteiger partial charge in [-0.05, 0) is 62.6 Å². The SMILES string of the molecule is CC(=O)[O-].CC(=O)[O-].CC(=O)[O-].CC(=O)[O-].O=C(/C=C(\[O-])c1ccccc1)c1ccccc1.O=C(/C=C(\[O-])c1ccccc1)c1ccccc1.O=C(/C=C(\[O-])c1ccccc1)c1ccccc1.[Mn+3].[Mn+3].[Mn+3].[Mn].[O-2].[O-2].[O-2]. The Balaban J connectivity index is -0.000000123. The summed E-state index contributed by atoms with van der Waals surface area (Å²) in [5.41, 5.74) is 3.15. The maximum atomic E-state index is 11.8. The molecule has 1 radical (unpaired) electrons. The second-order valence-electron chi connectivity index (χ2n) is 12.8. The largest absolute Gasteiger partial charge is 3.00 e. The maximum absolute atomic E-state index is 11.8. The molecule has 0 aromatic heterocycles. The molecule has 0 fully saturated rings. The number of carboxylic acids is 4. The van der Waals surface area contributed by atoms with Gasteiger partial charge < -0.3 is 71.4 Å². The van der Waals surface area contributed by atoms with Gasteiger partial charge in [0.25, 0.3) is 0 Å². The molecule has 0 spiro atoms. The van der Waals surface area contributed by atoms with Gasteiger partial charge in [0.2, 0.25) is 0 Å². The Morgan fingerprint density at radius 3 is 0.500 bits per heavy atom. The summed E-state index contributed by atoms with van der Waals surface area (Å²) in [5.74, 6) is -5.92. The first-order valence-electron chi connectivity index (χ1n) is 19.6. The van der Waals surface area contributed by atoms with E-state index in [0.717, 1.165) is 45.9 Å². The predicted molar refractivity (Wildman–Crippen MR) is 240 cm³/mol. The molecule has 6 aromatic rings. The fourth-order valence-corrected chi connectivity index (χ4v) is 4.47. The molecule has 0 heterocycles. The number of hydrogen-bond donors (Lipinski definition) is 0. The van der Waals surface area contributed by atoms with E-state index in [0.29, 0.717) is 33.4 Å². The van der Waals surface area contributed by atoms with Crippen LogP contribution < -0.4 is 35.7 Å². The molecule has 0 unspecified atom stereocenters. The Kier molecular flexibility index (Phi) is 57.3. The third-order valence-corrected chi connectivity index (χ3v) is 7.14. The van der Waals surface area contributed by atoms with Crippen molar-refractivity contribution in [2.75, 3.05) is 0 Å². The van der Waals surface area contributed by atoms with E-state index in [1.807, 2.05) is 36.4 Å². The maximum Gasteiger partial charge on any atom is 3.00 e. The van der Waals surface area contributed by atoms with Crippen LogP contribution in [0.2, 0.25) is 0 Å². The molecule has 6 rings (SSSR count). The Labute approximate surface area is 470 Å². The van der Waals surface area contributed by atoms with Crippen LogP contribution in [0.3, 0.4) is 0 Å². The molecule has 0 aliphatic heterocycles. The Hall–Kier alpha value is -7.21. The molecule has 0 amide bonds. The zero-order valence-electron chi connectivity index (χ0n) is 39.5. The van der Waals surface area contributed by atoms with Gasteiger partial charge >= 0.3 is 51.2 Å². The Morgan fingerprint density at radius 1 is 0.270 bits per heavy atom. The topological polar surface area (TPSA) is 366 Å². The zero-order valence-corrected chi connectivity index (χ0v) is 44.2. The first-order valence-corrected chi connectivity index (χ1v) is 19.6. The molecule has 0 aliphatic rings. The van der Waals surface area contributed by atoms with E-state index in [4.69, 9.17) is 39.6 Å². The van der Waals surface area contributed by atoms with Gasteiger partial charge in [0.05, 0.1) is 0 Å². The number of ketones is 3. The number of aliphatic carboxylic acids is 4. The summed E-state index contributed by atoms with van der Waals surface area (Å²) in [6, 6.07) is 52.5. The fourth-order valence-electron chi connectivity index (χ4n) is 4.47. The molecule has 0 bridgehead atoms. The molecular weight excluding hydrogens is 1130 g/mol. The second-order valence-corrected chi connectivity index (χ2v) is 12.8. The van der Waals surface area contributed by atoms with Crippen molar-refractivity contribution < 1.29 is 154 Å². The predicted octanol–water partition coefficient (Wildman–Crippen LogP) is 1.47. The quantitative estimate of drug-likeness (QED) is 0.0857. The second kappa shape index (κ2) is 50.7. The number of carboxylic acid groups (broad SMARTS) is 4. The van der Waals surface area contributed by atoms with E-state index >= 15 is 0 Å². The molecule has 74 heavy (non-hydrogen) atoms. The standard InChI is InChI=1S/3C15H12O2.4C2H4O2.4Mn.3O/c3*16-14(12-7-3-1-4-8-12)11-15(17)13-9-5-2-6-10-13;4*1-2(3)4;;;;;;;/h3*1-11,16H;4*1H3,(H,3,4);;;;;;;/q;;;;;;;;3*+3;3*-2/p-7/b3*14-11-;;;;;;;;;;;. The molecule has 0 saturated heterocycles. The summed E-state index contributed by atoms with van der Waals surface area (Å²) in [5, 5.41) is 70.8. The van der Waals surface area contributed by atoms with Crippen molar-refractivity contribution in [3.05, 3.63) is 234 Å². The van der Waals surface area contributed by atoms with Crippen LogP contribution in [0.4, 0.5) is 0 Å². The van der Waals surface area contributed by atoms with Crippen molar-refractivity contribution in [2.24, 2.45) is 0 Å². The third kappa shape index (κ3) is 44.7. The van der Waals surface area contributed by atoms with Crippen molar-refractivity contribution in [1.29, 1.82) is 0 Å². The van der Waals surface area contributed by atoms with Crippen molar-refractivity contribution in [1.82, 2.24) is 0 Å². The third-order valence-electron chi connectivity index (χ3n) is 7.14. The van der Waals surface area contributed by atoms with E-state index in [1.165, 1.54) is 0 Å². The van der Waals surface area contributed by atoms with Crippen molar-refractivity contribution in [2.45, 2.75) is 27.7 Å². The molecule has 0 aliphatic carbocycles. The minimum Gasteiger partial charge on any atom is -2.00 e. The molecule has 0 atom stereocenters. The fraction of sp³-hybridized carbons (Fsp3) is 0.0755. The molecule has 21 heteroatoms. The number of benzene rings is 6. The monoisotopic (exact) mass is 1170 g/mol. The molecule has 6 aromatic carbocycles. The van der Waals surface area contributed by atoms with Crippen LogP contribution in [0.5, 0.6) is 0 Å². The van der Waals surface area contributed by atoms with Crippen molar-refractivity contribution >= 4 is 58.5 Å². The normalized spacial score (nSPS) is 9.05. The minimum atomic E-state index is -1.08. The molecular formula is C53H45Mn4O17-4. The van der Waals surface area contributed by atoms with Gasteiger partial charge in [0, 0.05) is 57.6 Å². The summed E-state index contributed by atoms with van der Waals surface area (Å²) < 4.78 is 0. The number of allylic oxidation sites excluding steroid dienone is 3. The molecule has 0 N–H and O–H groups in total. The summed E-state index contributed by atoms with van der Waals surface area (Å²) in [4.78, 5) is 70.8. The molecule has 0 saturated carbocycles. The Bertz CT molecular complexity index is 2220. The van der Waals surface area contributed by atoms with Crippen molar-refractivity contribution in [3.63, 3.8) is 0 Å². The van der Waals surface area contributed by atoms with E-state index in [9.17, 15) is 29.7 Å². The molecule has 391 valence electrons. The minimum absolute atomic E-state index is 0. The van der Waals surface area contributed by atoms with Crippen LogP contribution in [0.1, 0.15) is 75.5 Å². The number of carbonyl (C=O) groups excluding carboxylic acids is 7. The summed E-state index contributed by atoms with van der Waals surface area (Å²) in [6.45, 7) is 3.89.